The molecule has 0 aromatic heterocycles. The lowest BCUT2D eigenvalue weighted by atomic mass is 10.1. The van der Waals surface area contributed by atoms with Crippen molar-refractivity contribution in [2.24, 2.45) is 0 Å². The molecule has 0 atom stereocenters. The minimum Gasteiger partial charge on any atom is -0.381 e. The van der Waals surface area contributed by atoms with E-state index in [4.69, 9.17) is 0 Å². The predicted molar refractivity (Wildman–Crippen MR) is 91.1 cm³/mol. The monoisotopic (exact) mass is 332 g/mol. The van der Waals surface area contributed by atoms with Crippen LogP contribution in [0, 0.1) is 0 Å². The van der Waals surface area contributed by atoms with Gasteiger partial charge in [0.1, 0.15) is 0 Å². The minimum atomic E-state index is -3.43. The van der Waals surface area contributed by atoms with Crippen molar-refractivity contribution in [3.05, 3.63) is 59.7 Å². The molecule has 122 valence electrons. The van der Waals surface area contributed by atoms with Crippen molar-refractivity contribution in [2.45, 2.75) is 18.4 Å². The third-order valence-corrected chi connectivity index (χ3v) is 5.28. The number of rotatable bonds is 6. The number of nitrogens with one attached hydrogen (secondary N) is 1. The maximum atomic E-state index is 12.1. The lowest BCUT2D eigenvalue weighted by Gasteiger charge is -2.13. The molecule has 0 aliphatic carbocycles. The summed E-state index contributed by atoms with van der Waals surface area (Å²) in [6, 6.07) is 14.0. The molecule has 0 heterocycles. The van der Waals surface area contributed by atoms with Gasteiger partial charge in [0.25, 0.3) is 0 Å². The molecule has 6 heteroatoms. The Hall–Kier alpha value is -2.18. The van der Waals surface area contributed by atoms with Gasteiger partial charge in [-0.15, -0.1) is 0 Å². The van der Waals surface area contributed by atoms with Crippen LogP contribution in [0.25, 0.3) is 0 Å². The second-order valence-electron chi connectivity index (χ2n) is 5.42. The van der Waals surface area contributed by atoms with Gasteiger partial charge in [-0.05, 0) is 48.9 Å². The number of ketones is 1. The molecule has 0 bridgehead atoms. The largest absolute Gasteiger partial charge is 0.381 e. The summed E-state index contributed by atoms with van der Waals surface area (Å²) in [5, 5.41) is 3.22. The van der Waals surface area contributed by atoms with Gasteiger partial charge in [-0.3, -0.25) is 4.79 Å². The van der Waals surface area contributed by atoms with Crippen LogP contribution in [0.15, 0.2) is 53.4 Å². The minimum absolute atomic E-state index is 0.0261. The van der Waals surface area contributed by atoms with E-state index >= 15 is 0 Å². The molecule has 0 saturated heterocycles. The zero-order valence-corrected chi connectivity index (χ0v) is 14.2. The van der Waals surface area contributed by atoms with E-state index in [9.17, 15) is 13.2 Å². The number of hydrogen-bond acceptors (Lipinski definition) is 4. The van der Waals surface area contributed by atoms with E-state index in [-0.39, 0.29) is 10.7 Å². The van der Waals surface area contributed by atoms with Gasteiger partial charge in [0.15, 0.2) is 5.78 Å². The molecule has 2 rings (SSSR count). The van der Waals surface area contributed by atoms with Crippen molar-refractivity contribution < 1.29 is 13.2 Å². The van der Waals surface area contributed by atoms with E-state index < -0.39 is 10.0 Å². The molecule has 0 amide bonds. The maximum Gasteiger partial charge on any atom is 0.242 e. The van der Waals surface area contributed by atoms with Crippen LogP contribution >= 0.6 is 0 Å². The highest BCUT2D eigenvalue weighted by molar-refractivity contribution is 7.89. The number of hydrogen-bond donors (Lipinski definition) is 1. The van der Waals surface area contributed by atoms with Gasteiger partial charge in [0.05, 0.1) is 4.90 Å². The molecule has 0 radical (unpaired) electrons. The summed E-state index contributed by atoms with van der Waals surface area (Å²) in [4.78, 5) is 11.5. The topological polar surface area (TPSA) is 66.5 Å². The number of carbonyl (C=O) groups excluding carboxylic acids is 1. The predicted octanol–water partition coefficient (Wildman–Crippen LogP) is 2.75. The van der Waals surface area contributed by atoms with E-state index in [1.54, 1.807) is 30.3 Å². The van der Waals surface area contributed by atoms with Crippen LogP contribution in [-0.4, -0.2) is 32.6 Å². The molecule has 2 aromatic carbocycles. The third kappa shape index (κ3) is 4.18. The Balaban J connectivity index is 2.11. The molecule has 1 N–H and O–H groups in total. The summed E-state index contributed by atoms with van der Waals surface area (Å²) in [6.45, 7) is 2.02. The first-order valence-electron chi connectivity index (χ1n) is 7.17. The summed E-state index contributed by atoms with van der Waals surface area (Å²) >= 11 is 0. The molecular formula is C17H20N2O3S. The van der Waals surface area contributed by atoms with Crippen LogP contribution in [0.2, 0.25) is 0 Å². The second-order valence-corrected chi connectivity index (χ2v) is 7.57. The van der Waals surface area contributed by atoms with Crippen molar-refractivity contribution in [3.63, 3.8) is 0 Å². The van der Waals surface area contributed by atoms with Crippen LogP contribution in [0.3, 0.4) is 0 Å². The van der Waals surface area contributed by atoms with Gasteiger partial charge in [-0.2, -0.15) is 0 Å². The normalized spacial score (nSPS) is 11.5. The summed E-state index contributed by atoms with van der Waals surface area (Å²) in [5.41, 5.74) is 2.40. The highest BCUT2D eigenvalue weighted by atomic mass is 32.2. The summed E-state index contributed by atoms with van der Waals surface area (Å²) in [7, 11) is -0.408. The Morgan fingerprint density at radius 3 is 2.30 bits per heavy atom. The Morgan fingerprint density at radius 2 is 1.74 bits per heavy atom. The van der Waals surface area contributed by atoms with Gasteiger partial charge in [0.2, 0.25) is 10.0 Å². The second kappa shape index (κ2) is 6.93. The number of benzene rings is 2. The van der Waals surface area contributed by atoms with Crippen LogP contribution in [0.4, 0.5) is 5.69 Å². The first kappa shape index (κ1) is 17.2. The van der Waals surface area contributed by atoms with Gasteiger partial charge in [-0.1, -0.05) is 12.1 Å². The van der Waals surface area contributed by atoms with E-state index in [1.807, 2.05) is 18.2 Å². The van der Waals surface area contributed by atoms with Crippen molar-refractivity contribution in [3.8, 4) is 0 Å². The van der Waals surface area contributed by atoms with Gasteiger partial charge >= 0.3 is 0 Å². The fourth-order valence-corrected chi connectivity index (χ4v) is 3.03. The first-order chi connectivity index (χ1) is 10.8. The molecule has 0 unspecified atom stereocenters. The Labute approximate surface area is 137 Å². The molecule has 23 heavy (non-hydrogen) atoms. The molecule has 0 fully saturated rings. The number of sulfonamides is 1. The third-order valence-electron chi connectivity index (χ3n) is 3.47. The van der Waals surface area contributed by atoms with Crippen LogP contribution in [0.1, 0.15) is 22.8 Å². The van der Waals surface area contributed by atoms with E-state index in [0.717, 1.165) is 11.3 Å². The van der Waals surface area contributed by atoms with Crippen molar-refractivity contribution in [2.75, 3.05) is 19.4 Å². The SMILES string of the molecule is CC(=O)c1ccc(NCc2cccc(S(=O)(=O)N(C)C)c2)cc1. The standard InChI is InChI=1S/C17H20N2O3S/c1-13(20)15-7-9-16(10-8-15)18-12-14-5-4-6-17(11-14)23(21,22)19(2)3/h4-11,18H,12H2,1-3H3. The van der Waals surface area contributed by atoms with E-state index in [2.05, 4.69) is 5.32 Å². The Bertz CT molecular complexity index is 797. The number of Topliss-reactive ketones (excluding diaryl/α,β-unsaturated/α-hetero) is 1. The molecule has 0 spiro atoms. The number of anilines is 1. The van der Waals surface area contributed by atoms with Crippen LogP contribution in [-0.2, 0) is 16.6 Å². The zero-order chi connectivity index (χ0) is 17.0. The Kier molecular flexibility index (Phi) is 5.18. The molecule has 5 nitrogen and oxygen atoms in total. The van der Waals surface area contributed by atoms with Gasteiger partial charge in [-0.25, -0.2) is 12.7 Å². The highest BCUT2D eigenvalue weighted by Crippen LogP contribution is 2.16. The lowest BCUT2D eigenvalue weighted by molar-refractivity contribution is 0.101. The maximum absolute atomic E-state index is 12.1. The fourth-order valence-electron chi connectivity index (χ4n) is 2.05. The molecule has 2 aromatic rings. The molecule has 0 aliphatic rings. The Morgan fingerprint density at radius 1 is 1.09 bits per heavy atom. The molecule has 0 saturated carbocycles. The zero-order valence-electron chi connectivity index (χ0n) is 13.4. The fraction of sp³-hybridized carbons (Fsp3) is 0.235. The molecule has 0 aliphatic heterocycles. The number of nitrogens with zero attached hydrogens (tertiary/aromatic N) is 1. The average molecular weight is 332 g/mol. The first-order valence-corrected chi connectivity index (χ1v) is 8.61. The van der Waals surface area contributed by atoms with E-state index in [1.165, 1.54) is 25.3 Å². The lowest BCUT2D eigenvalue weighted by Crippen LogP contribution is -2.22. The number of carbonyl (C=O) groups is 1. The van der Waals surface area contributed by atoms with Crippen LogP contribution < -0.4 is 5.32 Å². The van der Waals surface area contributed by atoms with Crippen molar-refractivity contribution in [1.82, 2.24) is 4.31 Å². The summed E-state index contributed by atoms with van der Waals surface area (Å²) < 4.78 is 25.5. The van der Waals surface area contributed by atoms with Crippen molar-refractivity contribution >= 4 is 21.5 Å². The smallest absolute Gasteiger partial charge is 0.242 e. The van der Waals surface area contributed by atoms with Crippen LogP contribution in [0.5, 0.6) is 0 Å². The quantitative estimate of drug-likeness (QED) is 0.826. The average Bonchev–Trinajstić information content (AvgIpc) is 2.53. The highest BCUT2D eigenvalue weighted by Gasteiger charge is 2.16. The van der Waals surface area contributed by atoms with Gasteiger partial charge < -0.3 is 5.32 Å². The summed E-state index contributed by atoms with van der Waals surface area (Å²) in [5.74, 6) is 0.0261. The summed E-state index contributed by atoms with van der Waals surface area (Å²) in [6.07, 6.45) is 0. The van der Waals surface area contributed by atoms with E-state index in [0.29, 0.717) is 12.1 Å². The molecular weight excluding hydrogens is 312 g/mol. The van der Waals surface area contributed by atoms with Crippen molar-refractivity contribution in [1.29, 1.82) is 0 Å². The van der Waals surface area contributed by atoms with Gasteiger partial charge in [0, 0.05) is 31.9 Å².